The molecule has 1 heterocycles. The van der Waals surface area contributed by atoms with Crippen LogP contribution in [0.25, 0.3) is 0 Å². The first-order valence-corrected chi connectivity index (χ1v) is 6.83. The van der Waals surface area contributed by atoms with E-state index in [4.69, 9.17) is 5.73 Å². The molecule has 1 amide bonds. The summed E-state index contributed by atoms with van der Waals surface area (Å²) in [4.78, 5) is 11.6. The lowest BCUT2D eigenvalue weighted by atomic mass is 10.1. The van der Waals surface area contributed by atoms with Gasteiger partial charge in [0.15, 0.2) is 0 Å². The highest BCUT2D eigenvalue weighted by atomic mass is 32.1. The minimum Gasteiger partial charge on any atom is -0.387 e. The van der Waals surface area contributed by atoms with Gasteiger partial charge in [-0.1, -0.05) is 19.8 Å². The summed E-state index contributed by atoms with van der Waals surface area (Å²) >= 11 is 1.52. The molecule has 0 bridgehead atoms. The molecule has 0 fully saturated rings. The van der Waals surface area contributed by atoms with E-state index >= 15 is 0 Å². The highest BCUT2D eigenvalue weighted by molar-refractivity contribution is 7.07. The molecule has 1 rings (SSSR count). The number of rotatable bonds is 7. The third kappa shape index (κ3) is 4.85. The molecule has 0 aliphatic heterocycles. The Morgan fingerprint density at radius 2 is 2.41 bits per heavy atom. The predicted octanol–water partition coefficient (Wildman–Crippen LogP) is 1.42. The zero-order valence-corrected chi connectivity index (χ0v) is 10.9. The summed E-state index contributed by atoms with van der Waals surface area (Å²) < 4.78 is 0. The molecule has 2 atom stereocenters. The van der Waals surface area contributed by atoms with E-state index in [2.05, 4.69) is 12.2 Å². The number of amides is 1. The molecule has 4 N–H and O–H groups in total. The second-order valence-electron chi connectivity index (χ2n) is 4.07. The third-order valence-electron chi connectivity index (χ3n) is 2.60. The van der Waals surface area contributed by atoms with Gasteiger partial charge in [-0.3, -0.25) is 4.79 Å². The molecule has 0 aliphatic rings. The fraction of sp³-hybridized carbons (Fsp3) is 0.583. The average Bonchev–Trinajstić information content (AvgIpc) is 2.86. The molecule has 0 spiro atoms. The van der Waals surface area contributed by atoms with E-state index in [0.29, 0.717) is 6.42 Å². The fourth-order valence-corrected chi connectivity index (χ4v) is 2.17. The molecule has 4 nitrogen and oxygen atoms in total. The Bertz CT molecular complexity index is 327. The van der Waals surface area contributed by atoms with Gasteiger partial charge < -0.3 is 16.2 Å². The minimum absolute atomic E-state index is 0.187. The number of nitrogens with two attached hydrogens (primary N) is 1. The molecule has 1 aromatic rings. The highest BCUT2D eigenvalue weighted by Gasteiger charge is 2.14. The summed E-state index contributed by atoms with van der Waals surface area (Å²) in [6.07, 6.45) is 2.01. The molecule has 96 valence electrons. The first-order chi connectivity index (χ1) is 8.15. The van der Waals surface area contributed by atoms with Gasteiger partial charge in [0.1, 0.15) is 0 Å². The average molecular weight is 256 g/mol. The monoisotopic (exact) mass is 256 g/mol. The summed E-state index contributed by atoms with van der Waals surface area (Å²) in [5, 5.41) is 16.2. The molecule has 0 aromatic carbocycles. The van der Waals surface area contributed by atoms with Crippen molar-refractivity contribution in [2.24, 2.45) is 5.73 Å². The number of thiophene rings is 1. The Morgan fingerprint density at radius 3 is 3.00 bits per heavy atom. The van der Waals surface area contributed by atoms with Crippen molar-refractivity contribution < 1.29 is 9.90 Å². The number of carbonyl (C=O) groups is 1. The van der Waals surface area contributed by atoms with E-state index in [1.807, 2.05) is 16.8 Å². The molecule has 0 aliphatic carbocycles. The Hall–Kier alpha value is -0.910. The van der Waals surface area contributed by atoms with Gasteiger partial charge in [0.05, 0.1) is 12.1 Å². The minimum atomic E-state index is -0.649. The molecule has 0 radical (unpaired) electrons. The van der Waals surface area contributed by atoms with Crippen LogP contribution in [0.2, 0.25) is 0 Å². The van der Waals surface area contributed by atoms with Crippen LogP contribution in [-0.4, -0.2) is 23.6 Å². The summed E-state index contributed by atoms with van der Waals surface area (Å²) in [6, 6.07) is 1.38. The number of hydrogen-bond acceptors (Lipinski definition) is 4. The Morgan fingerprint density at radius 1 is 1.65 bits per heavy atom. The second kappa shape index (κ2) is 7.42. The molecule has 1 aromatic heterocycles. The summed E-state index contributed by atoms with van der Waals surface area (Å²) in [5.41, 5.74) is 6.55. The maximum absolute atomic E-state index is 11.6. The smallest absolute Gasteiger partial charge is 0.237 e. The van der Waals surface area contributed by atoms with E-state index in [0.717, 1.165) is 18.4 Å². The highest BCUT2D eigenvalue weighted by Crippen LogP contribution is 2.15. The van der Waals surface area contributed by atoms with Crippen LogP contribution >= 0.6 is 11.3 Å². The molecular weight excluding hydrogens is 236 g/mol. The molecule has 17 heavy (non-hydrogen) atoms. The SMILES string of the molecule is CCCC[C@H](N)C(=O)NCC(O)c1ccsc1. The van der Waals surface area contributed by atoms with Crippen molar-refractivity contribution in [1.82, 2.24) is 5.32 Å². The maximum Gasteiger partial charge on any atom is 0.237 e. The molecular formula is C12H20N2O2S. The van der Waals surface area contributed by atoms with Crippen LogP contribution in [0, 0.1) is 0 Å². The van der Waals surface area contributed by atoms with Gasteiger partial charge in [0.25, 0.3) is 0 Å². The van der Waals surface area contributed by atoms with Crippen molar-refractivity contribution in [2.45, 2.75) is 38.3 Å². The predicted molar refractivity (Wildman–Crippen MR) is 69.8 cm³/mol. The van der Waals surface area contributed by atoms with Crippen molar-refractivity contribution >= 4 is 17.2 Å². The van der Waals surface area contributed by atoms with Gasteiger partial charge in [-0.25, -0.2) is 0 Å². The van der Waals surface area contributed by atoms with E-state index in [9.17, 15) is 9.90 Å². The maximum atomic E-state index is 11.6. The number of aliphatic hydroxyl groups is 1. The third-order valence-corrected chi connectivity index (χ3v) is 3.30. The van der Waals surface area contributed by atoms with Gasteiger partial charge in [-0.2, -0.15) is 11.3 Å². The van der Waals surface area contributed by atoms with E-state index in [1.54, 1.807) is 0 Å². The lowest BCUT2D eigenvalue weighted by molar-refractivity contribution is -0.123. The number of unbranched alkanes of at least 4 members (excludes halogenated alkanes) is 1. The summed E-state index contributed by atoms with van der Waals surface area (Å²) in [6.45, 7) is 2.28. The topological polar surface area (TPSA) is 75.4 Å². The standard InChI is InChI=1S/C12H20N2O2S/c1-2-3-4-10(13)12(16)14-7-11(15)9-5-6-17-8-9/h5-6,8,10-11,15H,2-4,7,13H2,1H3,(H,14,16)/t10-,11?/m0/s1. The lowest BCUT2D eigenvalue weighted by Crippen LogP contribution is -2.42. The zero-order chi connectivity index (χ0) is 12.7. The molecule has 0 saturated carbocycles. The normalized spacial score (nSPS) is 14.3. The second-order valence-corrected chi connectivity index (χ2v) is 4.85. The van der Waals surface area contributed by atoms with Crippen LogP contribution in [0.1, 0.15) is 37.9 Å². The fourth-order valence-electron chi connectivity index (χ4n) is 1.47. The lowest BCUT2D eigenvalue weighted by Gasteiger charge is -2.14. The first kappa shape index (κ1) is 14.2. The Labute approximate surface area is 106 Å². The summed E-state index contributed by atoms with van der Waals surface area (Å²) in [5.74, 6) is -0.187. The largest absolute Gasteiger partial charge is 0.387 e. The van der Waals surface area contributed by atoms with Crippen LogP contribution in [0.4, 0.5) is 0 Å². The van der Waals surface area contributed by atoms with E-state index < -0.39 is 12.1 Å². The number of aliphatic hydroxyl groups excluding tert-OH is 1. The van der Waals surface area contributed by atoms with Gasteiger partial charge in [0.2, 0.25) is 5.91 Å². The first-order valence-electron chi connectivity index (χ1n) is 5.88. The van der Waals surface area contributed by atoms with Crippen LogP contribution < -0.4 is 11.1 Å². The summed E-state index contributed by atoms with van der Waals surface area (Å²) in [7, 11) is 0. The number of hydrogen-bond donors (Lipinski definition) is 3. The van der Waals surface area contributed by atoms with E-state index in [1.165, 1.54) is 11.3 Å². The number of nitrogens with one attached hydrogen (secondary N) is 1. The van der Waals surface area contributed by atoms with Crippen LogP contribution in [-0.2, 0) is 4.79 Å². The van der Waals surface area contributed by atoms with Gasteiger partial charge in [-0.05, 0) is 28.8 Å². The van der Waals surface area contributed by atoms with Gasteiger partial charge >= 0.3 is 0 Å². The van der Waals surface area contributed by atoms with Crippen molar-refractivity contribution in [2.75, 3.05) is 6.54 Å². The molecule has 0 saturated heterocycles. The zero-order valence-electron chi connectivity index (χ0n) is 10.1. The molecule has 5 heteroatoms. The number of carbonyl (C=O) groups excluding carboxylic acids is 1. The van der Waals surface area contributed by atoms with Gasteiger partial charge in [-0.15, -0.1) is 0 Å². The van der Waals surface area contributed by atoms with Crippen molar-refractivity contribution in [3.05, 3.63) is 22.4 Å². The molecule has 1 unspecified atom stereocenters. The quantitative estimate of drug-likeness (QED) is 0.690. The van der Waals surface area contributed by atoms with Gasteiger partial charge in [0, 0.05) is 6.54 Å². The van der Waals surface area contributed by atoms with E-state index in [-0.39, 0.29) is 12.5 Å². The Balaban J connectivity index is 2.28. The van der Waals surface area contributed by atoms with Crippen molar-refractivity contribution in [3.8, 4) is 0 Å². The van der Waals surface area contributed by atoms with Crippen LogP contribution in [0.5, 0.6) is 0 Å². The van der Waals surface area contributed by atoms with Crippen molar-refractivity contribution in [1.29, 1.82) is 0 Å². The Kier molecular flexibility index (Phi) is 6.18. The van der Waals surface area contributed by atoms with Crippen molar-refractivity contribution in [3.63, 3.8) is 0 Å². The van der Waals surface area contributed by atoms with Crippen LogP contribution in [0.15, 0.2) is 16.8 Å². The van der Waals surface area contributed by atoms with Crippen LogP contribution in [0.3, 0.4) is 0 Å².